The number of rotatable bonds is 3. The number of hydrogen-bond donors (Lipinski definition) is 2. The topological polar surface area (TPSA) is 67.4 Å². The van der Waals surface area contributed by atoms with Crippen molar-refractivity contribution in [1.29, 1.82) is 0 Å². The third-order valence-corrected chi connectivity index (χ3v) is 3.64. The maximum atomic E-state index is 11.6. The van der Waals surface area contributed by atoms with Gasteiger partial charge in [-0.15, -0.1) is 11.3 Å². The first-order valence-corrected chi connectivity index (χ1v) is 6.24. The van der Waals surface area contributed by atoms with Crippen molar-refractivity contribution >= 4 is 23.2 Å². The second kappa shape index (κ2) is 5.29. The molecular formula is C11H14N2O3S. The number of methoxy groups -OCH3 is 1. The van der Waals surface area contributed by atoms with Crippen LogP contribution in [0.4, 0.5) is 4.79 Å². The van der Waals surface area contributed by atoms with Crippen molar-refractivity contribution in [3.05, 3.63) is 21.9 Å². The third-order valence-electron chi connectivity index (χ3n) is 2.67. The van der Waals surface area contributed by atoms with Gasteiger partial charge < -0.3 is 15.4 Å². The van der Waals surface area contributed by atoms with Crippen molar-refractivity contribution in [2.24, 2.45) is 0 Å². The van der Waals surface area contributed by atoms with Crippen molar-refractivity contribution in [2.75, 3.05) is 13.8 Å². The van der Waals surface area contributed by atoms with Crippen LogP contribution >= 0.6 is 11.3 Å². The first-order valence-electron chi connectivity index (χ1n) is 5.36. The molecule has 0 aromatic carbocycles. The molecule has 92 valence electrons. The molecular weight excluding hydrogens is 240 g/mol. The Bertz CT molecular complexity index is 430. The molecule has 2 N–H and O–H groups in total. The normalized spacial score (nSPS) is 18.6. The van der Waals surface area contributed by atoms with E-state index >= 15 is 0 Å². The molecule has 6 heteroatoms. The number of thiophene rings is 1. The van der Waals surface area contributed by atoms with Crippen LogP contribution in [0, 0.1) is 0 Å². The van der Waals surface area contributed by atoms with Crippen LogP contribution < -0.4 is 10.6 Å². The molecule has 17 heavy (non-hydrogen) atoms. The van der Waals surface area contributed by atoms with Crippen LogP contribution in [0.15, 0.2) is 11.4 Å². The zero-order valence-corrected chi connectivity index (χ0v) is 10.3. The van der Waals surface area contributed by atoms with Gasteiger partial charge in [0, 0.05) is 13.5 Å². The minimum absolute atomic E-state index is 0.0780. The van der Waals surface area contributed by atoms with Gasteiger partial charge in [0.15, 0.2) is 5.78 Å². The molecule has 0 radical (unpaired) electrons. The highest BCUT2D eigenvalue weighted by molar-refractivity contribution is 7.12. The summed E-state index contributed by atoms with van der Waals surface area (Å²) in [5, 5.41) is 7.29. The summed E-state index contributed by atoms with van der Waals surface area (Å²) >= 11 is 1.44. The van der Waals surface area contributed by atoms with Gasteiger partial charge in [0.2, 0.25) is 0 Å². The summed E-state index contributed by atoms with van der Waals surface area (Å²) in [6, 6.07) is 1.55. The fraction of sp³-hybridized carbons (Fsp3) is 0.455. The number of carbonyl (C=O) groups excluding carboxylic acids is 2. The number of amides is 2. The average Bonchev–Trinajstić information content (AvgIpc) is 2.80. The number of fused-ring (bicyclic) bond motifs is 1. The van der Waals surface area contributed by atoms with E-state index in [2.05, 4.69) is 10.6 Å². The quantitative estimate of drug-likeness (QED) is 0.806. The number of ether oxygens (including phenoxy) is 1. The molecule has 1 aliphatic carbocycles. The van der Waals surface area contributed by atoms with Crippen LogP contribution in [0.25, 0.3) is 0 Å². The van der Waals surface area contributed by atoms with Crippen LogP contribution in [0.1, 0.15) is 34.1 Å². The summed E-state index contributed by atoms with van der Waals surface area (Å²) < 4.78 is 4.75. The molecule has 0 saturated heterocycles. The maximum absolute atomic E-state index is 11.6. The second-order valence-electron chi connectivity index (χ2n) is 3.80. The lowest BCUT2D eigenvalue weighted by Crippen LogP contribution is -2.40. The van der Waals surface area contributed by atoms with Gasteiger partial charge in [0.05, 0.1) is 10.9 Å². The van der Waals surface area contributed by atoms with Gasteiger partial charge in [0.1, 0.15) is 6.73 Å². The van der Waals surface area contributed by atoms with Crippen molar-refractivity contribution in [1.82, 2.24) is 10.6 Å². The largest absolute Gasteiger partial charge is 0.364 e. The van der Waals surface area contributed by atoms with Crippen molar-refractivity contribution < 1.29 is 14.3 Å². The van der Waals surface area contributed by atoms with Crippen LogP contribution in [0.3, 0.4) is 0 Å². The summed E-state index contributed by atoms with van der Waals surface area (Å²) in [6.07, 6.45) is 1.14. The minimum atomic E-state index is -0.275. The average molecular weight is 254 g/mol. The fourth-order valence-corrected chi connectivity index (χ4v) is 2.79. The number of hydrogen-bond acceptors (Lipinski definition) is 4. The molecule has 1 aliphatic rings. The molecule has 2 rings (SSSR count). The van der Waals surface area contributed by atoms with Crippen LogP contribution in [-0.4, -0.2) is 25.7 Å². The minimum Gasteiger partial charge on any atom is -0.364 e. The molecule has 1 heterocycles. The molecule has 1 unspecified atom stereocenters. The number of Topliss-reactive ketones (excluding diaryl/α,β-unsaturated/α-hetero) is 1. The van der Waals surface area contributed by atoms with Gasteiger partial charge >= 0.3 is 6.03 Å². The molecule has 5 nitrogen and oxygen atoms in total. The fourth-order valence-electron chi connectivity index (χ4n) is 1.86. The highest BCUT2D eigenvalue weighted by atomic mass is 32.1. The number of ketones is 1. The maximum Gasteiger partial charge on any atom is 0.317 e. The van der Waals surface area contributed by atoms with E-state index in [1.807, 2.05) is 11.4 Å². The Labute approximate surface area is 103 Å². The van der Waals surface area contributed by atoms with E-state index in [-0.39, 0.29) is 24.6 Å². The lowest BCUT2D eigenvalue weighted by molar-refractivity contribution is 0.0968. The molecule has 0 spiro atoms. The van der Waals surface area contributed by atoms with E-state index in [9.17, 15) is 9.59 Å². The lowest BCUT2D eigenvalue weighted by atomic mass is 9.93. The molecule has 1 aromatic rings. The zero-order chi connectivity index (χ0) is 12.3. The Kier molecular flexibility index (Phi) is 3.75. The van der Waals surface area contributed by atoms with Gasteiger partial charge in [0.25, 0.3) is 0 Å². The summed E-state index contributed by atoms with van der Waals surface area (Å²) in [5.41, 5.74) is 0.929. The van der Waals surface area contributed by atoms with Gasteiger partial charge in [-0.3, -0.25) is 4.79 Å². The van der Waals surface area contributed by atoms with Crippen LogP contribution in [-0.2, 0) is 4.74 Å². The van der Waals surface area contributed by atoms with Gasteiger partial charge in [-0.25, -0.2) is 4.79 Å². The standard InChI is InChI=1S/C11H14N2O3S/c1-16-6-12-11(15)13-8-2-3-9(14)10-7(8)4-5-17-10/h4-5,8H,2-3,6H2,1H3,(H2,12,13,15). The van der Waals surface area contributed by atoms with Crippen molar-refractivity contribution in [3.63, 3.8) is 0 Å². The SMILES string of the molecule is COCNC(=O)NC1CCC(=O)c2sccc21. The zero-order valence-electron chi connectivity index (χ0n) is 9.49. The van der Waals surface area contributed by atoms with Crippen molar-refractivity contribution in [3.8, 4) is 0 Å². The summed E-state index contributed by atoms with van der Waals surface area (Å²) in [6.45, 7) is 0.175. The predicted octanol–water partition coefficient (Wildman–Crippen LogP) is 1.67. The van der Waals surface area contributed by atoms with Crippen LogP contribution in [0.5, 0.6) is 0 Å². The van der Waals surface area contributed by atoms with E-state index in [0.29, 0.717) is 12.8 Å². The van der Waals surface area contributed by atoms with E-state index in [1.165, 1.54) is 18.4 Å². The van der Waals surface area contributed by atoms with E-state index in [1.54, 1.807) is 0 Å². The molecule has 0 fully saturated rings. The monoisotopic (exact) mass is 254 g/mol. The highest BCUT2D eigenvalue weighted by Gasteiger charge is 2.27. The third kappa shape index (κ3) is 2.65. The van der Waals surface area contributed by atoms with Gasteiger partial charge in [-0.1, -0.05) is 0 Å². The Balaban J connectivity index is 2.02. The molecule has 1 atom stereocenters. The molecule has 0 bridgehead atoms. The Morgan fingerprint density at radius 1 is 1.65 bits per heavy atom. The molecule has 0 aliphatic heterocycles. The smallest absolute Gasteiger partial charge is 0.317 e. The van der Waals surface area contributed by atoms with Crippen LogP contribution in [0.2, 0.25) is 0 Å². The van der Waals surface area contributed by atoms with E-state index in [4.69, 9.17) is 4.74 Å². The van der Waals surface area contributed by atoms with Gasteiger partial charge in [-0.2, -0.15) is 0 Å². The Morgan fingerprint density at radius 2 is 2.47 bits per heavy atom. The number of carbonyl (C=O) groups is 2. The second-order valence-corrected chi connectivity index (χ2v) is 4.72. The summed E-state index contributed by atoms with van der Waals surface area (Å²) in [5.74, 6) is 0.172. The summed E-state index contributed by atoms with van der Waals surface area (Å²) in [7, 11) is 1.51. The predicted molar refractivity (Wildman–Crippen MR) is 64.2 cm³/mol. The molecule has 1 aromatic heterocycles. The number of nitrogens with one attached hydrogen (secondary N) is 2. The number of urea groups is 1. The van der Waals surface area contributed by atoms with Gasteiger partial charge in [-0.05, 0) is 23.4 Å². The first kappa shape index (κ1) is 12.1. The Morgan fingerprint density at radius 3 is 3.24 bits per heavy atom. The van der Waals surface area contributed by atoms with Crippen molar-refractivity contribution in [2.45, 2.75) is 18.9 Å². The van der Waals surface area contributed by atoms with E-state index in [0.717, 1.165) is 10.4 Å². The first-order chi connectivity index (χ1) is 8.22. The molecule has 0 saturated carbocycles. The summed E-state index contributed by atoms with van der Waals surface area (Å²) in [4.78, 5) is 23.9. The molecule has 2 amide bonds. The lowest BCUT2D eigenvalue weighted by Gasteiger charge is -2.22. The highest BCUT2D eigenvalue weighted by Crippen LogP contribution is 2.33. The van der Waals surface area contributed by atoms with E-state index < -0.39 is 0 Å². The Hall–Kier alpha value is -1.40.